The third kappa shape index (κ3) is 4.93. The summed E-state index contributed by atoms with van der Waals surface area (Å²) in [7, 11) is -3.81. The van der Waals surface area contributed by atoms with Gasteiger partial charge in [-0.3, -0.25) is 19.8 Å². The number of nitrogens with zero attached hydrogens (tertiary/aromatic N) is 3. The molecule has 11 heteroatoms. The molecule has 0 atom stereocenters. The number of hydrogen-bond acceptors (Lipinski definition) is 7. The van der Waals surface area contributed by atoms with Crippen molar-refractivity contribution < 1.29 is 18.1 Å². The number of thiophene rings is 1. The Kier molecular flexibility index (Phi) is 6.39. The maximum absolute atomic E-state index is 12.7. The van der Waals surface area contributed by atoms with Crippen LogP contribution in [0.5, 0.6) is 0 Å². The van der Waals surface area contributed by atoms with Crippen LogP contribution in [-0.2, 0) is 21.4 Å². The first-order valence-corrected chi connectivity index (χ1v) is 10.9. The number of carbonyl (C=O) groups is 1. The minimum atomic E-state index is -3.81. The first-order valence-electron chi connectivity index (χ1n) is 8.62. The second kappa shape index (κ2) is 8.78. The molecule has 28 heavy (non-hydrogen) atoms. The fraction of sp³-hybridized carbons (Fsp3) is 0.353. The minimum absolute atomic E-state index is 0.0937. The number of rotatable bonds is 7. The summed E-state index contributed by atoms with van der Waals surface area (Å²) in [5.74, 6) is -0.108. The first kappa shape index (κ1) is 20.4. The van der Waals surface area contributed by atoms with Crippen LogP contribution in [0.25, 0.3) is 0 Å². The fourth-order valence-electron chi connectivity index (χ4n) is 2.89. The lowest BCUT2D eigenvalue weighted by molar-refractivity contribution is -0.385. The highest BCUT2D eigenvalue weighted by Gasteiger charge is 2.30. The van der Waals surface area contributed by atoms with E-state index in [2.05, 4.69) is 5.32 Å². The zero-order chi connectivity index (χ0) is 20.1. The predicted octanol–water partition coefficient (Wildman–Crippen LogP) is 1.28. The largest absolute Gasteiger partial charge is 0.350 e. The lowest BCUT2D eigenvalue weighted by Crippen LogP contribution is -2.50. The summed E-state index contributed by atoms with van der Waals surface area (Å²) in [6.07, 6.45) is 0. The van der Waals surface area contributed by atoms with E-state index in [-0.39, 0.29) is 36.1 Å². The van der Waals surface area contributed by atoms with Crippen LogP contribution in [0, 0.1) is 10.1 Å². The zero-order valence-corrected chi connectivity index (χ0v) is 16.6. The van der Waals surface area contributed by atoms with E-state index in [0.717, 1.165) is 10.9 Å². The molecule has 150 valence electrons. The minimum Gasteiger partial charge on any atom is -0.350 e. The van der Waals surface area contributed by atoms with Crippen molar-refractivity contribution in [3.05, 3.63) is 56.8 Å². The van der Waals surface area contributed by atoms with Gasteiger partial charge in [-0.25, -0.2) is 8.42 Å². The number of nitro benzene ring substituents is 1. The van der Waals surface area contributed by atoms with Gasteiger partial charge in [0.25, 0.3) is 5.69 Å². The molecule has 1 amide bonds. The number of nitrogens with one attached hydrogen (secondary N) is 1. The van der Waals surface area contributed by atoms with Crippen LogP contribution in [0.2, 0.25) is 0 Å². The highest BCUT2D eigenvalue weighted by molar-refractivity contribution is 7.89. The van der Waals surface area contributed by atoms with Gasteiger partial charge in [-0.2, -0.15) is 4.31 Å². The Morgan fingerprint density at radius 3 is 2.57 bits per heavy atom. The Morgan fingerprint density at radius 2 is 1.93 bits per heavy atom. The van der Waals surface area contributed by atoms with E-state index >= 15 is 0 Å². The van der Waals surface area contributed by atoms with Crippen molar-refractivity contribution in [1.82, 2.24) is 14.5 Å². The molecule has 0 bridgehead atoms. The number of piperazine rings is 1. The summed E-state index contributed by atoms with van der Waals surface area (Å²) in [6.45, 7) is 1.97. The van der Waals surface area contributed by atoms with E-state index in [1.54, 1.807) is 11.3 Å². The van der Waals surface area contributed by atoms with Gasteiger partial charge >= 0.3 is 0 Å². The van der Waals surface area contributed by atoms with Crippen LogP contribution in [0.3, 0.4) is 0 Å². The molecule has 0 spiro atoms. The quantitative estimate of drug-likeness (QED) is 0.529. The maximum atomic E-state index is 12.7. The number of non-ortho nitro benzene ring substituents is 1. The second-order valence-electron chi connectivity index (χ2n) is 6.29. The number of nitro groups is 1. The standard InChI is InChI=1S/C17H20N4O5S2/c22-17(18-12-15-4-2-10-27-15)13-19-6-8-20(9-7-19)28(25,26)16-5-1-3-14(11-16)21(23)24/h1-5,10-11H,6-9,12-13H2,(H,18,22). The molecular formula is C17H20N4O5S2. The number of benzene rings is 1. The Labute approximate surface area is 166 Å². The summed E-state index contributed by atoms with van der Waals surface area (Å²) in [5.41, 5.74) is -0.262. The highest BCUT2D eigenvalue weighted by Crippen LogP contribution is 2.22. The van der Waals surface area contributed by atoms with Gasteiger partial charge in [0.05, 0.1) is 22.9 Å². The molecule has 1 aromatic carbocycles. The van der Waals surface area contributed by atoms with Gasteiger partial charge in [0.2, 0.25) is 15.9 Å². The Balaban J connectivity index is 1.53. The van der Waals surface area contributed by atoms with Crippen LogP contribution in [0.15, 0.2) is 46.7 Å². The second-order valence-corrected chi connectivity index (χ2v) is 9.26. The molecular weight excluding hydrogens is 404 g/mol. The van der Waals surface area contributed by atoms with Crippen molar-refractivity contribution in [3.63, 3.8) is 0 Å². The molecule has 1 fully saturated rings. The van der Waals surface area contributed by atoms with Crippen LogP contribution in [0.4, 0.5) is 5.69 Å². The lowest BCUT2D eigenvalue weighted by Gasteiger charge is -2.33. The summed E-state index contributed by atoms with van der Waals surface area (Å²) >= 11 is 1.57. The lowest BCUT2D eigenvalue weighted by atomic mass is 10.3. The first-order chi connectivity index (χ1) is 13.4. The number of sulfonamides is 1. The summed E-state index contributed by atoms with van der Waals surface area (Å²) in [5, 5.41) is 15.7. The van der Waals surface area contributed by atoms with Crippen LogP contribution < -0.4 is 5.32 Å². The zero-order valence-electron chi connectivity index (χ0n) is 15.0. The average molecular weight is 425 g/mol. The van der Waals surface area contributed by atoms with Crippen molar-refractivity contribution in [2.45, 2.75) is 11.4 Å². The molecule has 1 aliphatic rings. The SMILES string of the molecule is O=C(CN1CCN(S(=O)(=O)c2cccc([N+](=O)[O-])c2)CC1)NCc1cccs1. The van der Waals surface area contributed by atoms with E-state index in [4.69, 9.17) is 0 Å². The number of carbonyl (C=O) groups excluding carboxylic acids is 1. The van der Waals surface area contributed by atoms with Gasteiger partial charge in [0.1, 0.15) is 0 Å². The number of hydrogen-bond donors (Lipinski definition) is 1. The van der Waals surface area contributed by atoms with Crippen LogP contribution in [-0.4, -0.2) is 61.2 Å². The third-order valence-corrected chi connectivity index (χ3v) is 7.18. The molecule has 0 aliphatic carbocycles. The maximum Gasteiger partial charge on any atom is 0.270 e. The van der Waals surface area contributed by atoms with Gasteiger partial charge < -0.3 is 5.32 Å². The average Bonchev–Trinajstić information content (AvgIpc) is 3.20. The molecule has 1 aliphatic heterocycles. The van der Waals surface area contributed by atoms with Gasteiger partial charge in [-0.15, -0.1) is 11.3 Å². The summed E-state index contributed by atoms with van der Waals surface area (Å²) < 4.78 is 26.8. The molecule has 2 heterocycles. The van der Waals surface area contributed by atoms with E-state index in [1.165, 1.54) is 22.5 Å². The van der Waals surface area contributed by atoms with Crippen molar-refractivity contribution in [2.75, 3.05) is 32.7 Å². The summed E-state index contributed by atoms with van der Waals surface area (Å²) in [4.78, 5) is 25.2. The predicted molar refractivity (Wildman–Crippen MR) is 104 cm³/mol. The van der Waals surface area contributed by atoms with Crippen molar-refractivity contribution in [3.8, 4) is 0 Å². The molecule has 3 rings (SSSR count). The van der Waals surface area contributed by atoms with Gasteiger partial charge in [0.15, 0.2) is 0 Å². The Hall–Kier alpha value is -2.34. The van der Waals surface area contributed by atoms with Crippen molar-refractivity contribution in [2.24, 2.45) is 0 Å². The highest BCUT2D eigenvalue weighted by atomic mass is 32.2. The fourth-order valence-corrected chi connectivity index (χ4v) is 5.00. The molecule has 2 aromatic rings. The van der Waals surface area contributed by atoms with Gasteiger partial charge in [-0.1, -0.05) is 12.1 Å². The normalized spacial score (nSPS) is 16.0. The van der Waals surface area contributed by atoms with Crippen molar-refractivity contribution >= 4 is 33.0 Å². The van der Waals surface area contributed by atoms with E-state index < -0.39 is 14.9 Å². The van der Waals surface area contributed by atoms with Gasteiger partial charge in [0, 0.05) is 43.2 Å². The number of amides is 1. The van der Waals surface area contributed by atoms with Crippen molar-refractivity contribution in [1.29, 1.82) is 0 Å². The molecule has 1 aromatic heterocycles. The molecule has 1 saturated heterocycles. The van der Waals surface area contributed by atoms with E-state index in [9.17, 15) is 23.3 Å². The van der Waals surface area contributed by atoms with E-state index in [1.807, 2.05) is 22.4 Å². The molecule has 9 nitrogen and oxygen atoms in total. The van der Waals surface area contributed by atoms with E-state index in [0.29, 0.717) is 19.6 Å². The van der Waals surface area contributed by atoms with Crippen LogP contribution in [0.1, 0.15) is 4.88 Å². The molecule has 0 saturated carbocycles. The molecule has 0 unspecified atom stereocenters. The Morgan fingerprint density at radius 1 is 1.18 bits per heavy atom. The monoisotopic (exact) mass is 424 g/mol. The third-order valence-electron chi connectivity index (χ3n) is 4.40. The molecule has 0 radical (unpaired) electrons. The summed E-state index contributed by atoms with van der Waals surface area (Å²) in [6, 6.07) is 8.91. The smallest absolute Gasteiger partial charge is 0.270 e. The topological polar surface area (TPSA) is 113 Å². The molecule has 1 N–H and O–H groups in total. The van der Waals surface area contributed by atoms with Gasteiger partial charge in [-0.05, 0) is 17.5 Å². The Bertz CT molecular complexity index is 938. The van der Waals surface area contributed by atoms with Crippen LogP contribution >= 0.6 is 11.3 Å².